The molecule has 4 aliphatic rings. The molecule has 3 amide bonds. The normalized spacial score (nSPS) is 25.1. The zero-order valence-corrected chi connectivity index (χ0v) is 16.9. The first-order valence-electron chi connectivity index (χ1n) is 10.5. The number of imide groups is 1. The summed E-state index contributed by atoms with van der Waals surface area (Å²) in [5.74, 6) is -1.44. The largest absolute Gasteiger partial charge is 0.326 e. The molecule has 1 fully saturated rings. The molecule has 31 heavy (non-hydrogen) atoms. The zero-order valence-electron chi connectivity index (χ0n) is 16.9. The lowest BCUT2D eigenvalue weighted by molar-refractivity contribution is -0.122. The lowest BCUT2D eigenvalue weighted by atomic mass is 9.55. The smallest absolute Gasteiger partial charge is 0.238 e. The number of anilines is 2. The average Bonchev–Trinajstić information content (AvgIpc) is 3.05. The summed E-state index contributed by atoms with van der Waals surface area (Å²) in [5, 5.41) is 2.72. The van der Waals surface area contributed by atoms with Crippen molar-refractivity contribution in [3.8, 4) is 0 Å². The van der Waals surface area contributed by atoms with Gasteiger partial charge in [-0.05, 0) is 46.5 Å². The first kappa shape index (κ1) is 18.1. The summed E-state index contributed by atoms with van der Waals surface area (Å²) in [5.41, 5.74) is 5.83. The van der Waals surface area contributed by atoms with Crippen LogP contribution in [-0.2, 0) is 14.4 Å². The predicted octanol–water partition coefficient (Wildman–Crippen LogP) is 4.04. The second-order valence-corrected chi connectivity index (χ2v) is 8.50. The van der Waals surface area contributed by atoms with E-state index in [1.54, 1.807) is 24.3 Å². The van der Waals surface area contributed by atoms with Crippen molar-refractivity contribution in [1.29, 1.82) is 0 Å². The van der Waals surface area contributed by atoms with E-state index in [4.69, 9.17) is 0 Å². The molecule has 5 nitrogen and oxygen atoms in total. The Morgan fingerprint density at radius 2 is 1.13 bits per heavy atom. The van der Waals surface area contributed by atoms with Gasteiger partial charge in [0.15, 0.2) is 0 Å². The fraction of sp³-hybridized carbons (Fsp3) is 0.192. The molecule has 0 aromatic heterocycles. The van der Waals surface area contributed by atoms with Crippen molar-refractivity contribution in [1.82, 2.24) is 0 Å². The van der Waals surface area contributed by atoms with Gasteiger partial charge < -0.3 is 5.32 Å². The average molecular weight is 408 g/mol. The van der Waals surface area contributed by atoms with Crippen molar-refractivity contribution in [2.45, 2.75) is 18.8 Å². The van der Waals surface area contributed by atoms with E-state index in [0.717, 1.165) is 22.3 Å². The fourth-order valence-corrected chi connectivity index (χ4v) is 5.83. The van der Waals surface area contributed by atoms with Crippen molar-refractivity contribution in [2.75, 3.05) is 10.2 Å². The van der Waals surface area contributed by atoms with Crippen LogP contribution in [-0.4, -0.2) is 17.7 Å². The van der Waals surface area contributed by atoms with E-state index in [9.17, 15) is 14.4 Å². The monoisotopic (exact) mass is 408 g/mol. The predicted molar refractivity (Wildman–Crippen MR) is 117 cm³/mol. The van der Waals surface area contributed by atoms with Gasteiger partial charge in [-0.1, -0.05) is 48.5 Å². The Morgan fingerprint density at radius 3 is 1.52 bits per heavy atom. The van der Waals surface area contributed by atoms with Gasteiger partial charge in [0.25, 0.3) is 0 Å². The Hall–Kier alpha value is -3.73. The first-order chi connectivity index (χ1) is 15.1. The minimum atomic E-state index is -0.391. The maximum atomic E-state index is 13.7. The maximum Gasteiger partial charge on any atom is 0.238 e. The Balaban J connectivity index is 1.46. The molecule has 1 N–H and O–H groups in total. The SMILES string of the molecule is CC(=O)Nc1ccc(N2C(=O)C3C4c5ccccc5C(c5ccccc54)C3C2=O)cc1. The molecule has 3 aromatic carbocycles. The number of carbonyl (C=O) groups is 3. The van der Waals surface area contributed by atoms with Gasteiger partial charge in [0.2, 0.25) is 17.7 Å². The Bertz CT molecular complexity index is 1150. The van der Waals surface area contributed by atoms with Gasteiger partial charge in [-0.2, -0.15) is 0 Å². The molecule has 2 unspecified atom stereocenters. The lowest BCUT2D eigenvalue weighted by Gasteiger charge is -2.45. The number of carbonyl (C=O) groups excluding carboxylic acids is 3. The number of nitrogens with zero attached hydrogens (tertiary/aromatic N) is 1. The number of benzene rings is 3. The molecule has 7 rings (SSSR count). The van der Waals surface area contributed by atoms with Crippen LogP contribution < -0.4 is 10.2 Å². The van der Waals surface area contributed by atoms with Crippen molar-refractivity contribution in [2.24, 2.45) is 11.8 Å². The summed E-state index contributed by atoms with van der Waals surface area (Å²) in [4.78, 5) is 40.0. The molecule has 1 aliphatic heterocycles. The lowest BCUT2D eigenvalue weighted by Crippen LogP contribution is -2.41. The van der Waals surface area contributed by atoms with Gasteiger partial charge in [0.05, 0.1) is 17.5 Å². The molecule has 1 saturated heterocycles. The summed E-state index contributed by atoms with van der Waals surface area (Å²) in [7, 11) is 0. The quantitative estimate of drug-likeness (QED) is 0.651. The van der Waals surface area contributed by atoms with E-state index < -0.39 is 11.8 Å². The molecule has 3 aliphatic carbocycles. The molecule has 3 aromatic rings. The summed E-state index contributed by atoms with van der Waals surface area (Å²) in [6.07, 6.45) is 0. The highest BCUT2D eigenvalue weighted by Crippen LogP contribution is 2.61. The highest BCUT2D eigenvalue weighted by atomic mass is 16.2. The third kappa shape index (κ3) is 2.40. The Kier molecular flexibility index (Phi) is 3.72. The van der Waals surface area contributed by atoms with Crippen LogP contribution in [0.2, 0.25) is 0 Å². The fourth-order valence-electron chi connectivity index (χ4n) is 5.83. The third-order valence-electron chi connectivity index (χ3n) is 6.89. The maximum absolute atomic E-state index is 13.7. The van der Waals surface area contributed by atoms with E-state index in [2.05, 4.69) is 29.6 Å². The Morgan fingerprint density at radius 1 is 0.710 bits per heavy atom. The molecule has 0 saturated carbocycles. The van der Waals surface area contributed by atoms with Gasteiger partial charge >= 0.3 is 0 Å². The summed E-state index contributed by atoms with van der Waals surface area (Å²) >= 11 is 0. The van der Waals surface area contributed by atoms with E-state index in [1.807, 2.05) is 24.3 Å². The van der Waals surface area contributed by atoms with E-state index in [0.29, 0.717) is 11.4 Å². The number of hydrogen-bond donors (Lipinski definition) is 1. The number of nitrogens with one attached hydrogen (secondary N) is 1. The minimum absolute atomic E-state index is 0.109. The summed E-state index contributed by atoms with van der Waals surface area (Å²) < 4.78 is 0. The summed E-state index contributed by atoms with van der Waals surface area (Å²) in [6.45, 7) is 1.44. The molecule has 5 heteroatoms. The van der Waals surface area contributed by atoms with Crippen molar-refractivity contribution in [3.05, 3.63) is 95.1 Å². The molecule has 2 atom stereocenters. The first-order valence-corrected chi connectivity index (χ1v) is 10.5. The van der Waals surface area contributed by atoms with Crippen LogP contribution in [0.1, 0.15) is 41.0 Å². The number of rotatable bonds is 2. The van der Waals surface area contributed by atoms with Crippen LogP contribution in [0.4, 0.5) is 11.4 Å². The van der Waals surface area contributed by atoms with Crippen molar-refractivity contribution >= 4 is 29.1 Å². The van der Waals surface area contributed by atoms with Gasteiger partial charge in [-0.25, -0.2) is 4.90 Å². The molecule has 2 bridgehead atoms. The molecule has 1 heterocycles. The van der Waals surface area contributed by atoms with E-state index in [1.165, 1.54) is 11.8 Å². The molecule has 152 valence electrons. The third-order valence-corrected chi connectivity index (χ3v) is 6.89. The standard InChI is InChI=1S/C26H20N2O3/c1-14(29)27-15-10-12-16(13-11-15)28-25(30)23-21-17-6-2-3-7-18(17)22(24(23)26(28)31)20-9-5-4-8-19(20)21/h2-13,21-24H,1H3,(H,27,29). The highest BCUT2D eigenvalue weighted by Gasteiger charge is 2.61. The van der Waals surface area contributed by atoms with Gasteiger partial charge in [0.1, 0.15) is 0 Å². The van der Waals surface area contributed by atoms with E-state index >= 15 is 0 Å². The van der Waals surface area contributed by atoms with Gasteiger partial charge in [0, 0.05) is 24.4 Å². The Labute approximate surface area is 179 Å². The highest BCUT2D eigenvalue weighted by molar-refractivity contribution is 6.23. The molecular weight excluding hydrogens is 388 g/mol. The van der Waals surface area contributed by atoms with Gasteiger partial charge in [-0.15, -0.1) is 0 Å². The number of hydrogen-bond acceptors (Lipinski definition) is 3. The van der Waals surface area contributed by atoms with Crippen LogP contribution in [0.15, 0.2) is 72.8 Å². The van der Waals surface area contributed by atoms with Crippen LogP contribution >= 0.6 is 0 Å². The summed E-state index contributed by atoms with van der Waals surface area (Å²) in [6, 6.07) is 23.3. The molecular formula is C26H20N2O3. The van der Waals surface area contributed by atoms with Crippen LogP contribution in [0.5, 0.6) is 0 Å². The van der Waals surface area contributed by atoms with Crippen LogP contribution in [0, 0.1) is 11.8 Å². The second-order valence-electron chi connectivity index (χ2n) is 8.50. The van der Waals surface area contributed by atoms with Crippen molar-refractivity contribution < 1.29 is 14.4 Å². The zero-order chi connectivity index (χ0) is 21.3. The minimum Gasteiger partial charge on any atom is -0.326 e. The van der Waals surface area contributed by atoms with Crippen LogP contribution in [0.25, 0.3) is 0 Å². The molecule has 0 spiro atoms. The molecule has 0 radical (unpaired) electrons. The van der Waals surface area contributed by atoms with Crippen LogP contribution in [0.3, 0.4) is 0 Å². The van der Waals surface area contributed by atoms with Crippen molar-refractivity contribution in [3.63, 3.8) is 0 Å². The topological polar surface area (TPSA) is 66.5 Å². The number of amides is 3. The second kappa shape index (κ2) is 6.38. The van der Waals surface area contributed by atoms with E-state index in [-0.39, 0.29) is 29.6 Å². The van der Waals surface area contributed by atoms with Gasteiger partial charge in [-0.3, -0.25) is 14.4 Å².